The molecule has 2 nitrogen and oxygen atoms in total. The maximum atomic E-state index is 13.5. The summed E-state index contributed by atoms with van der Waals surface area (Å²) in [4.78, 5) is 0. The quantitative estimate of drug-likeness (QED) is 0.768. The van der Waals surface area contributed by atoms with Crippen molar-refractivity contribution in [2.45, 2.75) is 69.8 Å². The molecule has 5 heteroatoms. The molecule has 0 spiro atoms. The van der Waals surface area contributed by atoms with Gasteiger partial charge < -0.3 is 9.47 Å². The average Bonchev–Trinajstić information content (AvgIpc) is 2.53. The number of hydrogen-bond donors (Lipinski definition) is 0. The summed E-state index contributed by atoms with van der Waals surface area (Å²) < 4.78 is 51.6. The fourth-order valence-electron chi connectivity index (χ4n) is 4.07. The highest BCUT2D eigenvalue weighted by Gasteiger charge is 2.43. The van der Waals surface area contributed by atoms with E-state index in [-0.39, 0.29) is 18.8 Å². The van der Waals surface area contributed by atoms with E-state index in [1.165, 1.54) is 32.1 Å². The van der Waals surface area contributed by atoms with Crippen molar-refractivity contribution in [1.82, 2.24) is 0 Å². The Balaban J connectivity index is 1.49. The molecule has 0 radical (unpaired) electrons. The van der Waals surface area contributed by atoms with Gasteiger partial charge in [-0.15, -0.1) is 0 Å². The molecule has 1 saturated heterocycles. The van der Waals surface area contributed by atoms with Crippen LogP contribution in [0.1, 0.15) is 44.9 Å². The lowest BCUT2D eigenvalue weighted by Gasteiger charge is -2.40. The molecule has 0 aromatic rings. The summed E-state index contributed by atoms with van der Waals surface area (Å²) in [6.45, 7) is 1.22. The normalized spacial score (nSPS) is 46.4. The van der Waals surface area contributed by atoms with E-state index in [4.69, 9.17) is 9.47 Å². The van der Waals surface area contributed by atoms with Crippen LogP contribution in [0.4, 0.5) is 13.2 Å². The summed E-state index contributed by atoms with van der Waals surface area (Å²) in [5.41, 5.74) is 0. The predicted octanol–water partition coefficient (Wildman–Crippen LogP) is 3.98. The Morgan fingerprint density at radius 2 is 1.24 bits per heavy atom. The average molecular weight is 306 g/mol. The van der Waals surface area contributed by atoms with Crippen LogP contribution >= 0.6 is 0 Å². The smallest absolute Gasteiger partial charge is 0.162 e. The SMILES string of the molecule is FC1CC(C2OCC(C3CCCCC3)CO2)CC(F)C1F. The molecule has 0 aromatic heterocycles. The zero-order valence-electron chi connectivity index (χ0n) is 12.4. The number of halogens is 3. The molecule has 3 fully saturated rings. The standard InChI is InChI=1S/C16H25F3O2/c17-13-6-11(7-14(18)15(13)19)16-20-8-12(9-21-16)10-4-2-1-3-5-10/h10-16H,1-9H2. The van der Waals surface area contributed by atoms with E-state index in [0.29, 0.717) is 25.0 Å². The summed E-state index contributed by atoms with van der Waals surface area (Å²) in [5, 5.41) is 0. The summed E-state index contributed by atoms with van der Waals surface area (Å²) in [5.74, 6) is 0.694. The van der Waals surface area contributed by atoms with Gasteiger partial charge in [-0.05, 0) is 18.8 Å². The first-order valence-corrected chi connectivity index (χ1v) is 8.30. The van der Waals surface area contributed by atoms with Gasteiger partial charge in [-0.25, -0.2) is 13.2 Å². The van der Waals surface area contributed by atoms with Gasteiger partial charge >= 0.3 is 0 Å². The van der Waals surface area contributed by atoms with Crippen molar-refractivity contribution in [3.63, 3.8) is 0 Å². The highest BCUT2D eigenvalue weighted by atomic mass is 19.2. The van der Waals surface area contributed by atoms with Crippen LogP contribution in [0.5, 0.6) is 0 Å². The number of ether oxygens (including phenoxy) is 2. The van der Waals surface area contributed by atoms with Crippen molar-refractivity contribution < 1.29 is 22.6 Å². The van der Waals surface area contributed by atoms with Gasteiger partial charge in [-0.1, -0.05) is 32.1 Å². The largest absolute Gasteiger partial charge is 0.352 e. The van der Waals surface area contributed by atoms with Crippen molar-refractivity contribution in [2.24, 2.45) is 17.8 Å². The Morgan fingerprint density at radius 1 is 0.667 bits per heavy atom. The minimum absolute atomic E-state index is 0.000346. The summed E-state index contributed by atoms with van der Waals surface area (Å²) in [6.07, 6.45) is 0.312. The van der Waals surface area contributed by atoms with Gasteiger partial charge in [-0.2, -0.15) is 0 Å². The molecular formula is C16H25F3O2. The maximum absolute atomic E-state index is 13.5. The minimum Gasteiger partial charge on any atom is -0.352 e. The third-order valence-corrected chi connectivity index (χ3v) is 5.40. The van der Waals surface area contributed by atoms with Crippen molar-refractivity contribution >= 4 is 0 Å². The first-order chi connectivity index (χ1) is 10.1. The van der Waals surface area contributed by atoms with Gasteiger partial charge in [-0.3, -0.25) is 0 Å². The van der Waals surface area contributed by atoms with Crippen LogP contribution in [-0.4, -0.2) is 38.0 Å². The second kappa shape index (κ2) is 6.86. The molecule has 21 heavy (non-hydrogen) atoms. The van der Waals surface area contributed by atoms with Crippen LogP contribution in [0.15, 0.2) is 0 Å². The predicted molar refractivity (Wildman–Crippen MR) is 73.2 cm³/mol. The maximum Gasteiger partial charge on any atom is 0.162 e. The van der Waals surface area contributed by atoms with Crippen LogP contribution in [0, 0.1) is 17.8 Å². The van der Waals surface area contributed by atoms with Gasteiger partial charge in [0.05, 0.1) is 13.2 Å². The summed E-state index contributed by atoms with van der Waals surface area (Å²) >= 11 is 0. The van der Waals surface area contributed by atoms with Gasteiger partial charge in [0.1, 0.15) is 12.3 Å². The molecule has 2 aliphatic carbocycles. The highest BCUT2D eigenvalue weighted by molar-refractivity contribution is 4.89. The molecule has 0 amide bonds. The fraction of sp³-hybridized carbons (Fsp3) is 1.00. The first kappa shape index (κ1) is 15.6. The van der Waals surface area contributed by atoms with Crippen LogP contribution in [0.3, 0.4) is 0 Å². The van der Waals surface area contributed by atoms with Crippen molar-refractivity contribution in [3.8, 4) is 0 Å². The lowest BCUT2D eigenvalue weighted by molar-refractivity contribution is -0.242. The molecule has 122 valence electrons. The Labute approximate surface area is 124 Å². The molecule has 0 N–H and O–H groups in total. The Hall–Kier alpha value is -0.290. The monoisotopic (exact) mass is 306 g/mol. The zero-order chi connectivity index (χ0) is 14.8. The Bertz CT molecular complexity index is 315. The van der Waals surface area contributed by atoms with Crippen LogP contribution < -0.4 is 0 Å². The van der Waals surface area contributed by atoms with Crippen LogP contribution in [-0.2, 0) is 9.47 Å². The fourth-order valence-corrected chi connectivity index (χ4v) is 4.07. The van der Waals surface area contributed by atoms with E-state index in [1.807, 2.05) is 0 Å². The van der Waals surface area contributed by atoms with Crippen LogP contribution in [0.2, 0.25) is 0 Å². The van der Waals surface area contributed by atoms with Crippen molar-refractivity contribution in [2.75, 3.05) is 13.2 Å². The molecule has 2 saturated carbocycles. The molecule has 3 rings (SSSR count). The Morgan fingerprint density at radius 3 is 1.81 bits per heavy atom. The van der Waals surface area contributed by atoms with Gasteiger partial charge in [0.25, 0.3) is 0 Å². The topological polar surface area (TPSA) is 18.5 Å². The summed E-state index contributed by atoms with van der Waals surface area (Å²) in [6, 6.07) is 0. The number of hydrogen-bond acceptors (Lipinski definition) is 2. The molecule has 1 aliphatic heterocycles. The van der Waals surface area contributed by atoms with Gasteiger partial charge in [0.15, 0.2) is 12.5 Å². The van der Waals surface area contributed by atoms with Crippen molar-refractivity contribution in [3.05, 3.63) is 0 Å². The van der Waals surface area contributed by atoms with Gasteiger partial charge in [0.2, 0.25) is 0 Å². The van der Waals surface area contributed by atoms with Crippen LogP contribution in [0.25, 0.3) is 0 Å². The van der Waals surface area contributed by atoms with Gasteiger partial charge in [0, 0.05) is 11.8 Å². The second-order valence-electron chi connectivity index (χ2n) is 6.90. The second-order valence-corrected chi connectivity index (χ2v) is 6.90. The van der Waals surface area contributed by atoms with E-state index in [2.05, 4.69) is 0 Å². The molecule has 2 unspecified atom stereocenters. The molecule has 0 aromatic carbocycles. The van der Waals surface area contributed by atoms with E-state index in [9.17, 15) is 13.2 Å². The van der Waals surface area contributed by atoms with Crippen molar-refractivity contribution in [1.29, 1.82) is 0 Å². The first-order valence-electron chi connectivity index (χ1n) is 8.30. The lowest BCUT2D eigenvalue weighted by atomic mass is 9.80. The van der Waals surface area contributed by atoms with E-state index in [0.717, 1.165) is 0 Å². The molecule has 0 bridgehead atoms. The molecular weight excluding hydrogens is 281 g/mol. The third-order valence-electron chi connectivity index (χ3n) is 5.40. The molecule has 2 atom stereocenters. The molecule has 3 aliphatic rings. The number of rotatable bonds is 2. The van der Waals surface area contributed by atoms with E-state index < -0.39 is 24.8 Å². The summed E-state index contributed by atoms with van der Waals surface area (Å²) in [7, 11) is 0. The zero-order valence-corrected chi connectivity index (χ0v) is 12.4. The molecule has 1 heterocycles. The van der Waals surface area contributed by atoms with E-state index in [1.54, 1.807) is 0 Å². The number of alkyl halides is 3. The van der Waals surface area contributed by atoms with E-state index >= 15 is 0 Å². The highest BCUT2D eigenvalue weighted by Crippen LogP contribution is 2.38. The lowest BCUT2D eigenvalue weighted by Crippen LogP contribution is -2.46. The minimum atomic E-state index is -1.99. The third kappa shape index (κ3) is 3.55. The Kier molecular flexibility index (Phi) is 5.10.